The van der Waals surface area contributed by atoms with Crippen LogP contribution < -0.4 is 4.74 Å². The standard InChI is InChI=1S/C13H15N3O/c1-9-5-4-6-12(17-3)13(9)16-10(2)11-7-14-8-15-11/h4-8H,1-3H3,(H,14,15). The highest BCUT2D eigenvalue weighted by atomic mass is 16.5. The van der Waals surface area contributed by atoms with Crippen LogP contribution in [0.4, 0.5) is 5.69 Å². The summed E-state index contributed by atoms with van der Waals surface area (Å²) in [7, 11) is 1.65. The number of benzene rings is 1. The molecule has 0 atom stereocenters. The van der Waals surface area contributed by atoms with E-state index in [0.717, 1.165) is 28.4 Å². The summed E-state index contributed by atoms with van der Waals surface area (Å²) in [6.07, 6.45) is 3.47. The van der Waals surface area contributed by atoms with Crippen molar-refractivity contribution in [3.63, 3.8) is 0 Å². The van der Waals surface area contributed by atoms with Gasteiger partial charge in [-0.25, -0.2) is 9.98 Å². The van der Waals surface area contributed by atoms with E-state index in [0.29, 0.717) is 0 Å². The third-order valence-electron chi connectivity index (χ3n) is 2.57. The van der Waals surface area contributed by atoms with Crippen molar-refractivity contribution in [2.75, 3.05) is 7.11 Å². The van der Waals surface area contributed by atoms with Crippen molar-refractivity contribution in [2.45, 2.75) is 13.8 Å². The van der Waals surface area contributed by atoms with E-state index in [9.17, 15) is 0 Å². The molecule has 0 aliphatic carbocycles. The number of hydrogen-bond acceptors (Lipinski definition) is 3. The van der Waals surface area contributed by atoms with Gasteiger partial charge in [-0.3, -0.25) is 0 Å². The van der Waals surface area contributed by atoms with Gasteiger partial charge in [0.1, 0.15) is 17.1 Å². The van der Waals surface area contributed by atoms with Crippen LogP contribution in [0.3, 0.4) is 0 Å². The molecule has 0 bridgehead atoms. The third kappa shape index (κ3) is 2.36. The number of aromatic amines is 1. The first kappa shape index (κ1) is 11.4. The number of aromatic nitrogens is 2. The molecule has 2 aromatic rings. The highest BCUT2D eigenvalue weighted by Crippen LogP contribution is 2.31. The van der Waals surface area contributed by atoms with E-state index in [-0.39, 0.29) is 0 Å². The van der Waals surface area contributed by atoms with E-state index >= 15 is 0 Å². The number of methoxy groups -OCH3 is 1. The van der Waals surface area contributed by atoms with Gasteiger partial charge in [0.2, 0.25) is 0 Å². The quantitative estimate of drug-likeness (QED) is 0.823. The molecular weight excluding hydrogens is 214 g/mol. The Morgan fingerprint density at radius 1 is 1.41 bits per heavy atom. The zero-order valence-corrected chi connectivity index (χ0v) is 10.2. The molecule has 0 aliphatic heterocycles. The molecule has 2 rings (SSSR count). The molecule has 4 heteroatoms. The second-order valence-electron chi connectivity index (χ2n) is 3.78. The first-order valence-electron chi connectivity index (χ1n) is 5.40. The van der Waals surface area contributed by atoms with Gasteiger partial charge >= 0.3 is 0 Å². The number of H-pyrrole nitrogens is 1. The predicted octanol–water partition coefficient (Wildman–Crippen LogP) is 2.87. The summed E-state index contributed by atoms with van der Waals surface area (Å²) in [5.74, 6) is 0.778. The van der Waals surface area contributed by atoms with Gasteiger partial charge in [0.15, 0.2) is 0 Å². The van der Waals surface area contributed by atoms with E-state index in [1.807, 2.05) is 38.2 Å². The lowest BCUT2D eigenvalue weighted by Crippen LogP contribution is -1.95. The van der Waals surface area contributed by atoms with Crippen molar-refractivity contribution in [3.05, 3.63) is 42.0 Å². The predicted molar refractivity (Wildman–Crippen MR) is 68.2 cm³/mol. The molecule has 0 aliphatic rings. The summed E-state index contributed by atoms with van der Waals surface area (Å²) < 4.78 is 5.31. The lowest BCUT2D eigenvalue weighted by atomic mass is 10.2. The number of aliphatic imine (C=N–C) groups is 1. The summed E-state index contributed by atoms with van der Waals surface area (Å²) in [5, 5.41) is 0. The Morgan fingerprint density at radius 3 is 2.88 bits per heavy atom. The summed E-state index contributed by atoms with van der Waals surface area (Å²) in [6, 6.07) is 5.87. The van der Waals surface area contributed by atoms with Gasteiger partial charge in [0.05, 0.1) is 19.1 Å². The molecule has 1 aromatic carbocycles. The molecule has 1 heterocycles. The fourth-order valence-electron chi connectivity index (χ4n) is 1.62. The van der Waals surface area contributed by atoms with Gasteiger partial charge in [0, 0.05) is 6.20 Å². The van der Waals surface area contributed by atoms with Crippen LogP contribution in [0.2, 0.25) is 0 Å². The van der Waals surface area contributed by atoms with Crippen LogP contribution in [0.15, 0.2) is 35.7 Å². The lowest BCUT2D eigenvalue weighted by Gasteiger charge is -2.07. The monoisotopic (exact) mass is 229 g/mol. The van der Waals surface area contributed by atoms with Crippen LogP contribution in [0, 0.1) is 6.92 Å². The van der Waals surface area contributed by atoms with Crippen LogP contribution in [0.25, 0.3) is 0 Å². The number of rotatable bonds is 3. The molecule has 1 aromatic heterocycles. The largest absolute Gasteiger partial charge is 0.494 e. The third-order valence-corrected chi connectivity index (χ3v) is 2.57. The van der Waals surface area contributed by atoms with Gasteiger partial charge in [-0.05, 0) is 25.5 Å². The van der Waals surface area contributed by atoms with Crippen LogP contribution in [-0.2, 0) is 0 Å². The molecule has 4 nitrogen and oxygen atoms in total. The van der Waals surface area contributed by atoms with Crippen LogP contribution in [0.5, 0.6) is 5.75 Å². The topological polar surface area (TPSA) is 50.3 Å². The van der Waals surface area contributed by atoms with Crippen LogP contribution in [-0.4, -0.2) is 22.8 Å². The number of ether oxygens (including phenoxy) is 1. The molecule has 0 radical (unpaired) electrons. The molecule has 0 fully saturated rings. The van der Waals surface area contributed by atoms with Crippen molar-refractivity contribution in [2.24, 2.45) is 4.99 Å². The Morgan fingerprint density at radius 2 is 2.24 bits per heavy atom. The average Bonchev–Trinajstić information content (AvgIpc) is 2.85. The zero-order chi connectivity index (χ0) is 12.3. The van der Waals surface area contributed by atoms with Gasteiger partial charge in [-0.2, -0.15) is 0 Å². The van der Waals surface area contributed by atoms with Crippen molar-refractivity contribution < 1.29 is 4.74 Å². The van der Waals surface area contributed by atoms with Crippen LogP contribution in [0.1, 0.15) is 18.2 Å². The molecule has 1 N–H and O–H groups in total. The van der Waals surface area contributed by atoms with Crippen LogP contribution >= 0.6 is 0 Å². The maximum Gasteiger partial charge on any atom is 0.144 e. The lowest BCUT2D eigenvalue weighted by molar-refractivity contribution is 0.416. The SMILES string of the molecule is COc1cccc(C)c1N=C(C)c1c[nH]cn1. The molecule has 0 amide bonds. The second kappa shape index (κ2) is 4.82. The summed E-state index contributed by atoms with van der Waals surface area (Å²) in [5.41, 5.74) is 3.64. The minimum atomic E-state index is 0.778. The van der Waals surface area contributed by atoms with E-state index in [1.165, 1.54) is 0 Å². The Hall–Kier alpha value is -2.10. The number of para-hydroxylation sites is 1. The molecule has 17 heavy (non-hydrogen) atoms. The molecule has 0 spiro atoms. The summed E-state index contributed by atoms with van der Waals surface area (Å²) in [4.78, 5) is 11.7. The zero-order valence-electron chi connectivity index (χ0n) is 10.2. The molecule has 0 saturated heterocycles. The highest BCUT2D eigenvalue weighted by Gasteiger charge is 2.06. The maximum atomic E-state index is 5.31. The van der Waals surface area contributed by atoms with Gasteiger partial charge in [-0.15, -0.1) is 0 Å². The van der Waals surface area contributed by atoms with Gasteiger partial charge in [-0.1, -0.05) is 12.1 Å². The minimum Gasteiger partial charge on any atom is -0.494 e. The van der Waals surface area contributed by atoms with Gasteiger partial charge < -0.3 is 9.72 Å². The number of hydrogen-bond donors (Lipinski definition) is 1. The van der Waals surface area contributed by atoms with Crippen molar-refractivity contribution in [1.29, 1.82) is 0 Å². The number of nitrogens with zero attached hydrogens (tertiary/aromatic N) is 2. The average molecular weight is 229 g/mol. The minimum absolute atomic E-state index is 0.778. The van der Waals surface area contributed by atoms with E-state index in [2.05, 4.69) is 15.0 Å². The second-order valence-corrected chi connectivity index (χ2v) is 3.78. The Labute approximate surface area is 100 Å². The van der Waals surface area contributed by atoms with E-state index in [4.69, 9.17) is 4.74 Å². The molecule has 0 unspecified atom stereocenters. The van der Waals surface area contributed by atoms with Crippen molar-refractivity contribution >= 4 is 11.4 Å². The van der Waals surface area contributed by atoms with Crippen molar-refractivity contribution in [1.82, 2.24) is 9.97 Å². The van der Waals surface area contributed by atoms with E-state index in [1.54, 1.807) is 13.4 Å². The maximum absolute atomic E-state index is 5.31. The smallest absolute Gasteiger partial charge is 0.144 e. The normalized spacial score (nSPS) is 11.6. The Bertz CT molecular complexity index is 530. The molecule has 88 valence electrons. The number of aryl methyl sites for hydroxylation is 1. The number of nitrogens with one attached hydrogen (secondary N) is 1. The molecular formula is C13H15N3O. The highest BCUT2D eigenvalue weighted by molar-refractivity contribution is 5.98. The Balaban J connectivity index is 2.45. The first-order valence-corrected chi connectivity index (χ1v) is 5.40. The summed E-state index contributed by atoms with van der Waals surface area (Å²) >= 11 is 0. The first-order chi connectivity index (χ1) is 8.22. The number of imidazole rings is 1. The summed E-state index contributed by atoms with van der Waals surface area (Å²) in [6.45, 7) is 3.95. The Kier molecular flexibility index (Phi) is 3.23. The van der Waals surface area contributed by atoms with Gasteiger partial charge in [0.25, 0.3) is 0 Å². The fraction of sp³-hybridized carbons (Fsp3) is 0.231. The fourth-order valence-corrected chi connectivity index (χ4v) is 1.62. The van der Waals surface area contributed by atoms with Crippen molar-refractivity contribution in [3.8, 4) is 5.75 Å². The molecule has 0 saturated carbocycles. The van der Waals surface area contributed by atoms with E-state index < -0.39 is 0 Å².